The van der Waals surface area contributed by atoms with E-state index >= 15 is 0 Å². The predicted molar refractivity (Wildman–Crippen MR) is 110 cm³/mol. The summed E-state index contributed by atoms with van der Waals surface area (Å²) in [4.78, 5) is 27.1. The first-order valence-corrected chi connectivity index (χ1v) is 10.9. The number of nitrogens with zero attached hydrogens (tertiary/aromatic N) is 1. The van der Waals surface area contributed by atoms with Gasteiger partial charge >= 0.3 is 0 Å². The highest BCUT2D eigenvalue weighted by Gasteiger charge is 2.46. The van der Waals surface area contributed by atoms with Crippen molar-refractivity contribution in [1.82, 2.24) is 10.2 Å². The number of rotatable bonds is 4. The number of carbonyl (C=O) groups excluding carboxylic acids is 2. The number of likely N-dealkylation sites (tertiary alicyclic amines) is 1. The Labute approximate surface area is 171 Å². The molecule has 2 aliphatic carbocycles. The lowest BCUT2D eigenvalue weighted by atomic mass is 9.73. The number of fused-ring (bicyclic) bond motifs is 2. The second-order valence-corrected chi connectivity index (χ2v) is 8.94. The largest absolute Gasteiger partial charge is 0.459 e. The van der Waals surface area contributed by atoms with Crippen LogP contribution in [0.15, 0.2) is 47.1 Å². The predicted octanol–water partition coefficient (Wildman–Crippen LogP) is 4.00. The van der Waals surface area contributed by atoms with Crippen molar-refractivity contribution < 1.29 is 14.0 Å². The summed E-state index contributed by atoms with van der Waals surface area (Å²) in [6, 6.07) is 12.5. The molecule has 1 N–H and O–H groups in total. The molecule has 5 heteroatoms. The zero-order valence-corrected chi connectivity index (χ0v) is 16.7. The molecule has 1 atom stereocenters. The topological polar surface area (TPSA) is 62.6 Å². The van der Waals surface area contributed by atoms with Gasteiger partial charge in [0.1, 0.15) is 0 Å². The first kappa shape index (κ1) is 18.5. The van der Waals surface area contributed by atoms with E-state index in [-0.39, 0.29) is 23.1 Å². The average molecular weight is 392 g/mol. The number of furan rings is 1. The van der Waals surface area contributed by atoms with Gasteiger partial charge in [-0.05, 0) is 73.1 Å². The van der Waals surface area contributed by atoms with Gasteiger partial charge < -0.3 is 14.6 Å². The summed E-state index contributed by atoms with van der Waals surface area (Å²) in [6.07, 6.45) is 8.48. The molecule has 1 saturated heterocycles. The van der Waals surface area contributed by atoms with Crippen LogP contribution in [0.5, 0.6) is 0 Å². The van der Waals surface area contributed by atoms with Gasteiger partial charge in [0.25, 0.3) is 5.91 Å². The van der Waals surface area contributed by atoms with E-state index < -0.39 is 0 Å². The number of nitrogens with one attached hydrogen (secondary N) is 1. The van der Waals surface area contributed by atoms with Gasteiger partial charge in [-0.2, -0.15) is 0 Å². The number of hydrogen-bond donors (Lipinski definition) is 1. The molecular formula is C24H28N2O3. The second-order valence-electron chi connectivity index (χ2n) is 8.94. The van der Waals surface area contributed by atoms with E-state index in [0.29, 0.717) is 18.2 Å². The summed E-state index contributed by atoms with van der Waals surface area (Å²) in [7, 11) is 0. The zero-order valence-electron chi connectivity index (χ0n) is 16.7. The van der Waals surface area contributed by atoms with Crippen LogP contribution < -0.4 is 5.32 Å². The van der Waals surface area contributed by atoms with Crippen LogP contribution in [0, 0.1) is 0 Å². The molecule has 5 nitrogen and oxygen atoms in total. The smallest absolute Gasteiger partial charge is 0.289 e. The molecule has 0 bridgehead atoms. The minimum Gasteiger partial charge on any atom is -0.459 e. The van der Waals surface area contributed by atoms with Crippen LogP contribution in [0.3, 0.4) is 0 Å². The maximum absolute atomic E-state index is 12.6. The van der Waals surface area contributed by atoms with Crippen molar-refractivity contribution in [3.05, 3.63) is 59.5 Å². The summed E-state index contributed by atoms with van der Waals surface area (Å²) in [6.45, 7) is 1.46. The monoisotopic (exact) mass is 392 g/mol. The van der Waals surface area contributed by atoms with Crippen molar-refractivity contribution in [2.75, 3.05) is 13.1 Å². The van der Waals surface area contributed by atoms with Gasteiger partial charge in [0.05, 0.1) is 6.26 Å². The first-order chi connectivity index (χ1) is 14.1. The Kier molecular flexibility index (Phi) is 4.69. The van der Waals surface area contributed by atoms with E-state index in [2.05, 4.69) is 29.6 Å². The maximum atomic E-state index is 12.6. The fourth-order valence-electron chi connectivity index (χ4n) is 5.44. The highest BCUT2D eigenvalue weighted by molar-refractivity contribution is 5.91. The summed E-state index contributed by atoms with van der Waals surface area (Å²) in [5.74, 6) is 0.862. The van der Waals surface area contributed by atoms with Gasteiger partial charge in [0.2, 0.25) is 5.91 Å². The molecule has 29 heavy (non-hydrogen) atoms. The quantitative estimate of drug-likeness (QED) is 0.855. The van der Waals surface area contributed by atoms with Crippen molar-refractivity contribution in [1.29, 1.82) is 0 Å². The summed E-state index contributed by atoms with van der Waals surface area (Å²) in [5, 5.41) is 3.20. The van der Waals surface area contributed by atoms with Crippen LogP contribution in [0.25, 0.3) is 0 Å². The molecule has 1 aromatic carbocycles. The molecule has 0 unspecified atom stereocenters. The summed E-state index contributed by atoms with van der Waals surface area (Å²) in [5.41, 5.74) is 2.81. The standard InChI is InChI=1S/C24H28N2O3/c27-22(25-18-5-3-6-18)15-17-16-24(20-8-2-1-7-19(17)20)10-12-26(13-11-24)23(28)21-9-4-14-29-21/h1-2,4,7-9,14,17-18H,3,5-6,10-13,15-16H2,(H,25,27)/t17-/m0/s1. The third-order valence-corrected chi connectivity index (χ3v) is 7.25. The molecule has 2 aromatic rings. The lowest BCUT2D eigenvalue weighted by Gasteiger charge is -2.40. The summed E-state index contributed by atoms with van der Waals surface area (Å²) < 4.78 is 5.29. The average Bonchev–Trinajstić information content (AvgIpc) is 3.34. The number of hydrogen-bond acceptors (Lipinski definition) is 3. The molecule has 1 spiro atoms. The Morgan fingerprint density at radius 1 is 1.10 bits per heavy atom. The first-order valence-electron chi connectivity index (χ1n) is 10.9. The van der Waals surface area contributed by atoms with Crippen molar-refractivity contribution in [3.8, 4) is 0 Å². The number of piperidine rings is 1. The molecule has 152 valence electrons. The van der Waals surface area contributed by atoms with Gasteiger partial charge in [-0.1, -0.05) is 24.3 Å². The third kappa shape index (κ3) is 3.37. The minimum atomic E-state index is -0.0208. The zero-order chi connectivity index (χ0) is 19.8. The normalized spacial score (nSPS) is 22.9. The highest BCUT2D eigenvalue weighted by Crippen LogP contribution is 2.52. The van der Waals surface area contributed by atoms with Gasteiger partial charge in [0, 0.05) is 25.6 Å². The van der Waals surface area contributed by atoms with Crippen LogP contribution in [-0.2, 0) is 10.2 Å². The van der Waals surface area contributed by atoms with Crippen LogP contribution in [-0.4, -0.2) is 35.8 Å². The van der Waals surface area contributed by atoms with Crippen LogP contribution >= 0.6 is 0 Å². The SMILES string of the molecule is O=C(C[C@H]1CC2(CCN(C(=O)c3ccco3)CC2)c2ccccc21)NC1CCC1. The van der Waals surface area contributed by atoms with Gasteiger partial charge in [-0.15, -0.1) is 0 Å². The maximum Gasteiger partial charge on any atom is 0.289 e. The lowest BCUT2D eigenvalue weighted by Crippen LogP contribution is -2.44. The molecule has 1 saturated carbocycles. The molecular weight excluding hydrogens is 364 g/mol. The van der Waals surface area contributed by atoms with E-state index in [9.17, 15) is 9.59 Å². The minimum absolute atomic E-state index is 0.0208. The molecule has 3 aliphatic rings. The molecule has 1 aliphatic heterocycles. The van der Waals surface area contributed by atoms with Gasteiger partial charge in [0.15, 0.2) is 5.76 Å². The van der Waals surface area contributed by atoms with Gasteiger partial charge in [-0.3, -0.25) is 9.59 Å². The van der Waals surface area contributed by atoms with Crippen molar-refractivity contribution in [2.24, 2.45) is 0 Å². The molecule has 2 heterocycles. The Morgan fingerprint density at radius 3 is 2.59 bits per heavy atom. The van der Waals surface area contributed by atoms with E-state index in [0.717, 1.165) is 45.2 Å². The van der Waals surface area contributed by atoms with Gasteiger partial charge in [-0.25, -0.2) is 0 Å². The number of carbonyl (C=O) groups is 2. The molecule has 1 aromatic heterocycles. The number of benzene rings is 1. The Bertz CT molecular complexity index is 893. The lowest BCUT2D eigenvalue weighted by molar-refractivity contribution is -0.122. The van der Waals surface area contributed by atoms with E-state index in [1.54, 1.807) is 18.4 Å². The van der Waals surface area contributed by atoms with Crippen LogP contribution in [0.4, 0.5) is 0 Å². The van der Waals surface area contributed by atoms with Crippen LogP contribution in [0.2, 0.25) is 0 Å². The van der Waals surface area contributed by atoms with Crippen LogP contribution in [0.1, 0.15) is 72.5 Å². The second kappa shape index (κ2) is 7.36. The Morgan fingerprint density at radius 2 is 1.90 bits per heavy atom. The molecule has 2 amide bonds. The van der Waals surface area contributed by atoms with Crippen molar-refractivity contribution in [2.45, 2.75) is 62.3 Å². The van der Waals surface area contributed by atoms with E-state index in [4.69, 9.17) is 4.42 Å². The molecule has 2 fully saturated rings. The highest BCUT2D eigenvalue weighted by atomic mass is 16.3. The Hall–Kier alpha value is -2.56. The van der Waals surface area contributed by atoms with Crippen molar-refractivity contribution >= 4 is 11.8 Å². The fraction of sp³-hybridized carbons (Fsp3) is 0.500. The van der Waals surface area contributed by atoms with Crippen molar-refractivity contribution in [3.63, 3.8) is 0 Å². The summed E-state index contributed by atoms with van der Waals surface area (Å²) >= 11 is 0. The Balaban J connectivity index is 1.29. The van der Waals surface area contributed by atoms with E-state index in [1.165, 1.54) is 17.5 Å². The van der Waals surface area contributed by atoms with E-state index in [1.807, 2.05) is 4.90 Å². The number of amides is 2. The third-order valence-electron chi connectivity index (χ3n) is 7.25. The fourth-order valence-corrected chi connectivity index (χ4v) is 5.44. The molecule has 5 rings (SSSR count). The molecule has 0 radical (unpaired) electrons.